The molecule has 0 fully saturated rings. The predicted octanol–water partition coefficient (Wildman–Crippen LogP) is 3.93. The smallest absolute Gasteiger partial charge is 0.215 e. The van der Waals surface area contributed by atoms with Crippen LogP contribution in [0.1, 0.15) is 6.92 Å². The largest absolute Gasteiger partial charge is 0.478 e. The van der Waals surface area contributed by atoms with Crippen LogP contribution in [-0.2, 0) is 0 Å². The van der Waals surface area contributed by atoms with Crippen molar-refractivity contribution in [2.75, 3.05) is 6.61 Å². The summed E-state index contributed by atoms with van der Waals surface area (Å²) in [6.07, 6.45) is 0. The van der Waals surface area contributed by atoms with Gasteiger partial charge in [0.25, 0.3) is 0 Å². The molecule has 20 heavy (non-hydrogen) atoms. The summed E-state index contributed by atoms with van der Waals surface area (Å²) >= 11 is 3.27. The molecule has 0 atom stereocenters. The molecule has 3 rings (SSSR count). The molecule has 2 aromatic heterocycles. The fraction of sp³-hybridized carbons (Fsp3) is 0.143. The number of H-pyrrole nitrogens is 1. The third-order valence-electron chi connectivity index (χ3n) is 2.75. The van der Waals surface area contributed by atoms with E-state index in [1.807, 2.05) is 13.0 Å². The molecule has 0 unspecified atom stereocenters. The molecular formula is C14H11BrFN3O. The summed E-state index contributed by atoms with van der Waals surface area (Å²) in [5.74, 6) is 0.776. The normalized spacial score (nSPS) is 10.9. The highest BCUT2D eigenvalue weighted by Gasteiger charge is 2.09. The van der Waals surface area contributed by atoms with Gasteiger partial charge in [0.2, 0.25) is 5.88 Å². The van der Waals surface area contributed by atoms with Gasteiger partial charge in [-0.3, -0.25) is 0 Å². The first-order valence-corrected chi connectivity index (χ1v) is 6.91. The van der Waals surface area contributed by atoms with Crippen LogP contribution >= 0.6 is 15.9 Å². The van der Waals surface area contributed by atoms with Crippen molar-refractivity contribution in [1.29, 1.82) is 0 Å². The number of fused-ring (bicyclic) bond motifs is 1. The van der Waals surface area contributed by atoms with Crippen molar-refractivity contribution in [3.8, 4) is 17.3 Å². The Kier molecular flexibility index (Phi) is 3.40. The lowest BCUT2D eigenvalue weighted by Gasteiger charge is -1.99. The van der Waals surface area contributed by atoms with Crippen LogP contribution in [0.4, 0.5) is 4.39 Å². The third-order valence-corrected chi connectivity index (χ3v) is 3.21. The molecule has 0 radical (unpaired) electrons. The fourth-order valence-electron chi connectivity index (χ4n) is 1.93. The van der Waals surface area contributed by atoms with E-state index >= 15 is 0 Å². The Morgan fingerprint density at radius 2 is 2.10 bits per heavy atom. The molecule has 0 amide bonds. The molecule has 6 heteroatoms. The summed E-state index contributed by atoms with van der Waals surface area (Å²) in [5.41, 5.74) is 1.99. The number of benzene rings is 1. The molecule has 0 saturated heterocycles. The number of pyridine rings is 1. The lowest BCUT2D eigenvalue weighted by Crippen LogP contribution is -1.93. The lowest BCUT2D eigenvalue weighted by atomic mass is 10.2. The van der Waals surface area contributed by atoms with Crippen molar-refractivity contribution in [3.63, 3.8) is 0 Å². The van der Waals surface area contributed by atoms with Gasteiger partial charge in [0.05, 0.1) is 12.1 Å². The van der Waals surface area contributed by atoms with Gasteiger partial charge in [0.1, 0.15) is 11.6 Å². The second-order valence-corrected chi connectivity index (χ2v) is 5.11. The van der Waals surface area contributed by atoms with Crippen LogP contribution in [0.2, 0.25) is 0 Å². The second-order valence-electron chi connectivity index (χ2n) is 4.20. The first-order chi connectivity index (χ1) is 9.65. The number of halogens is 2. The van der Waals surface area contributed by atoms with Crippen molar-refractivity contribution in [2.24, 2.45) is 0 Å². The Balaban J connectivity index is 2.08. The van der Waals surface area contributed by atoms with E-state index < -0.39 is 0 Å². The molecule has 0 bridgehead atoms. The molecule has 1 N–H and O–H groups in total. The standard InChI is InChI=1S/C14H11BrFN3O/c1-2-20-12-4-3-11-14(18-12)19-13(17-11)8-5-9(15)7-10(16)6-8/h3-7H,2H2,1H3,(H,17,18,19). The van der Waals surface area contributed by atoms with Gasteiger partial charge >= 0.3 is 0 Å². The molecule has 102 valence electrons. The monoisotopic (exact) mass is 335 g/mol. The van der Waals surface area contributed by atoms with Gasteiger partial charge in [0, 0.05) is 16.1 Å². The maximum absolute atomic E-state index is 13.4. The van der Waals surface area contributed by atoms with E-state index in [9.17, 15) is 4.39 Å². The number of imidazole rings is 1. The highest BCUT2D eigenvalue weighted by Crippen LogP contribution is 2.25. The maximum Gasteiger partial charge on any atom is 0.215 e. The number of hydrogen-bond acceptors (Lipinski definition) is 3. The second kappa shape index (κ2) is 5.20. The number of hydrogen-bond donors (Lipinski definition) is 1. The molecule has 2 heterocycles. The van der Waals surface area contributed by atoms with Gasteiger partial charge in [-0.1, -0.05) is 15.9 Å². The zero-order chi connectivity index (χ0) is 14.1. The Hall–Kier alpha value is -1.95. The van der Waals surface area contributed by atoms with Gasteiger partial charge in [-0.05, 0) is 31.2 Å². The number of ether oxygens (including phenoxy) is 1. The van der Waals surface area contributed by atoms with Crippen LogP contribution < -0.4 is 4.74 Å². The van der Waals surface area contributed by atoms with E-state index in [-0.39, 0.29) is 5.82 Å². The minimum absolute atomic E-state index is 0.321. The Bertz CT molecular complexity index is 752. The number of aromatic amines is 1. The van der Waals surface area contributed by atoms with Crippen LogP contribution in [-0.4, -0.2) is 21.6 Å². The van der Waals surface area contributed by atoms with Crippen molar-refractivity contribution in [3.05, 3.63) is 40.6 Å². The van der Waals surface area contributed by atoms with Crippen LogP contribution in [0, 0.1) is 5.82 Å². The molecule has 0 aliphatic heterocycles. The Morgan fingerprint density at radius 1 is 1.25 bits per heavy atom. The van der Waals surface area contributed by atoms with Gasteiger partial charge in [-0.2, -0.15) is 4.98 Å². The van der Waals surface area contributed by atoms with E-state index in [4.69, 9.17) is 4.74 Å². The van der Waals surface area contributed by atoms with E-state index in [0.29, 0.717) is 34.0 Å². The van der Waals surface area contributed by atoms with E-state index in [2.05, 4.69) is 30.9 Å². The molecule has 3 aromatic rings. The lowest BCUT2D eigenvalue weighted by molar-refractivity contribution is 0.328. The van der Waals surface area contributed by atoms with Crippen molar-refractivity contribution < 1.29 is 9.13 Å². The van der Waals surface area contributed by atoms with Crippen LogP contribution in [0.25, 0.3) is 22.6 Å². The molecule has 0 aliphatic carbocycles. The zero-order valence-electron chi connectivity index (χ0n) is 10.7. The number of rotatable bonds is 3. The summed E-state index contributed by atoms with van der Waals surface area (Å²) in [4.78, 5) is 11.8. The van der Waals surface area contributed by atoms with Gasteiger partial charge in [-0.25, -0.2) is 9.37 Å². The first-order valence-electron chi connectivity index (χ1n) is 6.12. The summed E-state index contributed by atoms with van der Waals surface area (Å²) in [6, 6.07) is 8.24. The molecule has 1 aromatic carbocycles. The highest BCUT2D eigenvalue weighted by atomic mass is 79.9. The van der Waals surface area contributed by atoms with Crippen molar-refractivity contribution in [1.82, 2.24) is 15.0 Å². The molecule has 0 saturated carbocycles. The van der Waals surface area contributed by atoms with Gasteiger partial charge in [-0.15, -0.1) is 0 Å². The third kappa shape index (κ3) is 2.51. The quantitative estimate of drug-likeness (QED) is 0.789. The molecule has 4 nitrogen and oxygen atoms in total. The molecule has 0 aliphatic rings. The summed E-state index contributed by atoms with van der Waals surface area (Å²) < 4.78 is 19.4. The average Bonchev–Trinajstić information content (AvgIpc) is 2.81. The molecular weight excluding hydrogens is 325 g/mol. The summed E-state index contributed by atoms with van der Waals surface area (Å²) in [6.45, 7) is 2.44. The number of aromatic nitrogens is 3. The van der Waals surface area contributed by atoms with Crippen molar-refractivity contribution >= 4 is 27.1 Å². The number of nitrogens with one attached hydrogen (secondary N) is 1. The average molecular weight is 336 g/mol. The van der Waals surface area contributed by atoms with Crippen LogP contribution in [0.15, 0.2) is 34.8 Å². The first kappa shape index (κ1) is 13.1. The van der Waals surface area contributed by atoms with E-state index in [0.717, 1.165) is 5.52 Å². The van der Waals surface area contributed by atoms with Crippen LogP contribution in [0.5, 0.6) is 5.88 Å². The summed E-state index contributed by atoms with van der Waals surface area (Å²) in [7, 11) is 0. The van der Waals surface area contributed by atoms with Gasteiger partial charge in [0.15, 0.2) is 5.65 Å². The SMILES string of the molecule is CCOc1ccc2[nH]c(-c3cc(F)cc(Br)c3)nc2n1. The Labute approximate surface area is 123 Å². The highest BCUT2D eigenvalue weighted by molar-refractivity contribution is 9.10. The minimum atomic E-state index is -0.321. The maximum atomic E-state index is 13.4. The zero-order valence-corrected chi connectivity index (χ0v) is 12.2. The van der Waals surface area contributed by atoms with Crippen LogP contribution in [0.3, 0.4) is 0 Å². The van der Waals surface area contributed by atoms with E-state index in [1.165, 1.54) is 12.1 Å². The van der Waals surface area contributed by atoms with Gasteiger partial charge < -0.3 is 9.72 Å². The predicted molar refractivity (Wildman–Crippen MR) is 78.2 cm³/mol. The topological polar surface area (TPSA) is 50.8 Å². The Morgan fingerprint density at radius 3 is 2.85 bits per heavy atom. The molecule has 0 spiro atoms. The van der Waals surface area contributed by atoms with Crippen molar-refractivity contribution in [2.45, 2.75) is 6.92 Å². The van der Waals surface area contributed by atoms with E-state index in [1.54, 1.807) is 12.1 Å². The summed E-state index contributed by atoms with van der Waals surface area (Å²) in [5, 5.41) is 0. The minimum Gasteiger partial charge on any atom is -0.478 e. The number of nitrogens with zero attached hydrogens (tertiary/aromatic N) is 2. The fourth-order valence-corrected chi connectivity index (χ4v) is 2.40.